The van der Waals surface area contributed by atoms with Gasteiger partial charge in [0.25, 0.3) is 0 Å². The largest absolute Gasteiger partial charge is 0.459 e. The molecule has 4 rings (SSSR count). The molecular formula is C29H48O4. The van der Waals surface area contributed by atoms with Gasteiger partial charge in [0.1, 0.15) is 17.5 Å². The van der Waals surface area contributed by atoms with Gasteiger partial charge in [-0.05, 0) is 79.4 Å². The number of carbonyl (C=O) groups is 2. The third-order valence-corrected chi connectivity index (χ3v) is 11.2. The Hall–Kier alpha value is -0.900. The van der Waals surface area contributed by atoms with Crippen LogP contribution in [0.2, 0.25) is 0 Å². The van der Waals surface area contributed by atoms with Crippen molar-refractivity contribution in [3.05, 3.63) is 0 Å². The van der Waals surface area contributed by atoms with Crippen LogP contribution < -0.4 is 0 Å². The molecule has 4 heteroatoms. The zero-order chi connectivity index (χ0) is 24.2. The summed E-state index contributed by atoms with van der Waals surface area (Å²) in [5, 5.41) is 12.0. The van der Waals surface area contributed by atoms with E-state index in [9.17, 15) is 14.7 Å². The summed E-state index contributed by atoms with van der Waals surface area (Å²) in [5.74, 6) is 3.59. The summed E-state index contributed by atoms with van der Waals surface area (Å²) in [7, 11) is 0. The number of hydrogen-bond acceptors (Lipinski definition) is 4. The fraction of sp³-hybridized carbons (Fsp3) is 0.931. The van der Waals surface area contributed by atoms with E-state index in [1.807, 2.05) is 0 Å². The summed E-state index contributed by atoms with van der Waals surface area (Å²) in [6.07, 6.45) is 10.5. The monoisotopic (exact) mass is 460 g/mol. The average molecular weight is 461 g/mol. The normalized spacial score (nSPS) is 45.8. The van der Waals surface area contributed by atoms with Crippen molar-refractivity contribution in [2.75, 3.05) is 0 Å². The Bertz CT molecular complexity index is 761. The molecule has 33 heavy (non-hydrogen) atoms. The lowest BCUT2D eigenvalue weighted by Gasteiger charge is -2.65. The van der Waals surface area contributed by atoms with E-state index in [1.165, 1.54) is 45.4 Å². The van der Waals surface area contributed by atoms with E-state index >= 15 is 0 Å². The number of ether oxygens (including phenoxy) is 1. The molecule has 1 N–H and O–H groups in total. The van der Waals surface area contributed by atoms with Crippen molar-refractivity contribution in [1.82, 2.24) is 0 Å². The van der Waals surface area contributed by atoms with E-state index in [0.717, 1.165) is 37.0 Å². The van der Waals surface area contributed by atoms with Crippen LogP contribution in [0.25, 0.3) is 0 Å². The highest BCUT2D eigenvalue weighted by atomic mass is 16.6. The number of Topliss-reactive ketones (excluding diaryl/α,β-unsaturated/α-hetero) is 1. The summed E-state index contributed by atoms with van der Waals surface area (Å²) >= 11 is 0. The Balaban J connectivity index is 1.59. The minimum absolute atomic E-state index is 0.113. The molecule has 0 radical (unpaired) electrons. The Morgan fingerprint density at radius 1 is 1.09 bits per heavy atom. The van der Waals surface area contributed by atoms with Gasteiger partial charge in [-0.3, -0.25) is 9.59 Å². The molecule has 0 aromatic rings. The van der Waals surface area contributed by atoms with Crippen LogP contribution in [-0.4, -0.2) is 28.6 Å². The quantitative estimate of drug-likeness (QED) is 0.470. The molecule has 4 saturated carbocycles. The maximum Gasteiger partial charge on any atom is 0.303 e. The van der Waals surface area contributed by atoms with Crippen molar-refractivity contribution in [1.29, 1.82) is 0 Å². The Morgan fingerprint density at radius 2 is 1.82 bits per heavy atom. The highest BCUT2D eigenvalue weighted by Crippen LogP contribution is 2.69. The fourth-order valence-electron chi connectivity index (χ4n) is 9.41. The minimum Gasteiger partial charge on any atom is -0.459 e. The van der Waals surface area contributed by atoms with Gasteiger partial charge in [-0.1, -0.05) is 53.9 Å². The van der Waals surface area contributed by atoms with Gasteiger partial charge in [-0.2, -0.15) is 0 Å². The standard InChI is InChI=1S/C29H48O4/c1-18(2)8-7-9-19(3)23-10-11-24-22-16-26(33-20(4)30)29(32)17-21(31)12-15-28(29,6)25(22)13-14-27(23,24)5/h18-19,22-26,32H,7-17H2,1-6H3. The summed E-state index contributed by atoms with van der Waals surface area (Å²) in [5.41, 5.74) is -1.23. The average Bonchev–Trinajstić information content (AvgIpc) is 3.07. The topological polar surface area (TPSA) is 63.6 Å². The van der Waals surface area contributed by atoms with Gasteiger partial charge in [0.2, 0.25) is 0 Å². The summed E-state index contributed by atoms with van der Waals surface area (Å²) in [6, 6.07) is 0. The van der Waals surface area contributed by atoms with Gasteiger partial charge in [-0.15, -0.1) is 0 Å². The number of hydrogen-bond donors (Lipinski definition) is 1. The SMILES string of the molecule is CC(=O)OC1CC2C3CCC(C(C)CCCC(C)C)C3(C)CCC2C2(C)CCC(=O)CC12O. The second-order valence-electron chi connectivity index (χ2n) is 13.3. The predicted molar refractivity (Wildman–Crippen MR) is 130 cm³/mol. The lowest BCUT2D eigenvalue weighted by Crippen LogP contribution is -2.69. The zero-order valence-corrected chi connectivity index (χ0v) is 22.0. The van der Waals surface area contributed by atoms with Crippen molar-refractivity contribution < 1.29 is 19.4 Å². The molecule has 0 amide bonds. The third kappa shape index (κ3) is 4.10. The third-order valence-electron chi connectivity index (χ3n) is 11.2. The van der Waals surface area contributed by atoms with Gasteiger partial charge in [0.15, 0.2) is 0 Å². The second kappa shape index (κ2) is 8.95. The molecule has 4 nitrogen and oxygen atoms in total. The van der Waals surface area contributed by atoms with Crippen molar-refractivity contribution in [3.8, 4) is 0 Å². The molecule has 4 fully saturated rings. The first-order valence-electron chi connectivity index (χ1n) is 13.8. The van der Waals surface area contributed by atoms with Crippen molar-refractivity contribution in [2.45, 2.75) is 124 Å². The number of ketones is 1. The summed E-state index contributed by atoms with van der Waals surface area (Å²) in [6.45, 7) is 13.3. The first-order chi connectivity index (χ1) is 15.4. The number of carbonyl (C=O) groups excluding carboxylic acids is 2. The molecule has 0 bridgehead atoms. The van der Waals surface area contributed by atoms with Crippen LogP contribution in [0, 0.1) is 46.3 Å². The van der Waals surface area contributed by atoms with Crippen LogP contribution in [0.5, 0.6) is 0 Å². The Morgan fingerprint density at radius 3 is 2.48 bits per heavy atom. The predicted octanol–water partition coefficient (Wildman–Crippen LogP) is 6.33. The Labute approximate surface area is 201 Å². The first kappa shape index (κ1) is 25.2. The molecule has 0 spiro atoms. The van der Waals surface area contributed by atoms with E-state index in [2.05, 4.69) is 34.6 Å². The lowest BCUT2D eigenvalue weighted by atomic mass is 9.42. The second-order valence-corrected chi connectivity index (χ2v) is 13.3. The van der Waals surface area contributed by atoms with Crippen LogP contribution in [0.4, 0.5) is 0 Å². The molecule has 4 aliphatic rings. The van der Waals surface area contributed by atoms with Gasteiger partial charge in [0.05, 0.1) is 0 Å². The van der Waals surface area contributed by atoms with Crippen molar-refractivity contribution in [2.24, 2.45) is 46.3 Å². The lowest BCUT2D eigenvalue weighted by molar-refractivity contribution is -0.255. The fourth-order valence-corrected chi connectivity index (χ4v) is 9.41. The number of aliphatic hydroxyl groups is 1. The van der Waals surface area contributed by atoms with Gasteiger partial charge < -0.3 is 9.84 Å². The van der Waals surface area contributed by atoms with Gasteiger partial charge in [-0.25, -0.2) is 0 Å². The molecule has 0 aromatic heterocycles. The number of rotatable bonds is 6. The van der Waals surface area contributed by atoms with E-state index < -0.39 is 11.7 Å². The van der Waals surface area contributed by atoms with E-state index in [1.54, 1.807) is 0 Å². The van der Waals surface area contributed by atoms with E-state index in [4.69, 9.17) is 4.74 Å². The number of fused-ring (bicyclic) bond motifs is 5. The molecule has 0 saturated heterocycles. The first-order valence-corrected chi connectivity index (χ1v) is 13.8. The van der Waals surface area contributed by atoms with E-state index in [-0.39, 0.29) is 23.6 Å². The highest BCUT2D eigenvalue weighted by Gasteiger charge is 2.68. The molecule has 0 heterocycles. The molecular weight excluding hydrogens is 412 g/mol. The maximum absolute atomic E-state index is 12.4. The van der Waals surface area contributed by atoms with Gasteiger partial charge >= 0.3 is 5.97 Å². The van der Waals surface area contributed by atoms with Gasteiger partial charge in [0, 0.05) is 25.2 Å². The molecule has 0 aliphatic heterocycles. The Kier molecular flexibility index (Phi) is 6.84. The van der Waals surface area contributed by atoms with Crippen LogP contribution >= 0.6 is 0 Å². The van der Waals surface area contributed by atoms with Crippen LogP contribution in [-0.2, 0) is 14.3 Å². The molecule has 0 aromatic carbocycles. The van der Waals surface area contributed by atoms with Crippen molar-refractivity contribution >= 4 is 11.8 Å². The molecule has 4 aliphatic carbocycles. The highest BCUT2D eigenvalue weighted by molar-refractivity contribution is 5.81. The molecule has 9 unspecified atom stereocenters. The maximum atomic E-state index is 12.4. The van der Waals surface area contributed by atoms with Crippen LogP contribution in [0.1, 0.15) is 112 Å². The van der Waals surface area contributed by atoms with E-state index in [0.29, 0.717) is 29.6 Å². The van der Waals surface area contributed by atoms with Crippen LogP contribution in [0.3, 0.4) is 0 Å². The van der Waals surface area contributed by atoms with Crippen LogP contribution in [0.15, 0.2) is 0 Å². The summed E-state index contributed by atoms with van der Waals surface area (Å²) < 4.78 is 5.82. The minimum atomic E-state index is -1.22. The molecule has 9 atom stereocenters. The smallest absolute Gasteiger partial charge is 0.303 e. The summed E-state index contributed by atoms with van der Waals surface area (Å²) in [4.78, 5) is 24.5. The zero-order valence-electron chi connectivity index (χ0n) is 22.0. The van der Waals surface area contributed by atoms with Crippen molar-refractivity contribution in [3.63, 3.8) is 0 Å². The number of esters is 1. The molecule has 188 valence electrons.